The zero-order valence-electron chi connectivity index (χ0n) is 9.70. The fourth-order valence-corrected chi connectivity index (χ4v) is 2.62. The lowest BCUT2D eigenvalue weighted by atomic mass is 10.1. The summed E-state index contributed by atoms with van der Waals surface area (Å²) in [4.78, 5) is 12.0. The van der Waals surface area contributed by atoms with E-state index in [-0.39, 0.29) is 22.5 Å². The second-order valence-electron chi connectivity index (χ2n) is 3.84. The molecule has 17 heavy (non-hydrogen) atoms. The molecule has 2 nitrogen and oxygen atoms in total. The molecule has 0 amide bonds. The van der Waals surface area contributed by atoms with E-state index in [2.05, 4.69) is 0 Å². The average molecular weight is 277 g/mol. The smallest absolute Gasteiger partial charge is 0.148 e. The second-order valence-corrected chi connectivity index (χ2v) is 5.70. The number of hydrogen-bond donors (Lipinski definition) is 0. The highest BCUT2D eigenvalue weighted by molar-refractivity contribution is 7.85. The molecule has 1 aromatic rings. The summed E-state index contributed by atoms with van der Waals surface area (Å²) in [7, 11) is -1.45. The molecule has 0 aromatic heterocycles. The largest absolute Gasteiger partial charge is 0.298 e. The van der Waals surface area contributed by atoms with Crippen molar-refractivity contribution in [3.63, 3.8) is 0 Å². The summed E-state index contributed by atoms with van der Waals surface area (Å²) in [6.45, 7) is 3.71. The summed E-state index contributed by atoms with van der Waals surface area (Å²) >= 11 is 5.59. The van der Waals surface area contributed by atoms with Crippen LogP contribution in [0, 0.1) is 11.7 Å². The van der Waals surface area contributed by atoms with Crippen LogP contribution in [0.15, 0.2) is 23.1 Å². The zero-order valence-corrected chi connectivity index (χ0v) is 11.3. The molecule has 0 heterocycles. The first-order chi connectivity index (χ1) is 7.95. The Morgan fingerprint density at radius 2 is 2.18 bits per heavy atom. The van der Waals surface area contributed by atoms with Gasteiger partial charge in [-0.15, -0.1) is 0 Å². The van der Waals surface area contributed by atoms with Crippen molar-refractivity contribution in [1.82, 2.24) is 0 Å². The summed E-state index contributed by atoms with van der Waals surface area (Å²) in [5.41, 5.74) is 0. The number of carbonyl (C=O) groups is 1. The van der Waals surface area contributed by atoms with Gasteiger partial charge in [0.2, 0.25) is 0 Å². The molecular formula is C12H14ClFO2S. The monoisotopic (exact) mass is 276 g/mol. The maximum Gasteiger partial charge on any atom is 0.148 e. The van der Waals surface area contributed by atoms with Crippen molar-refractivity contribution in [2.24, 2.45) is 5.92 Å². The van der Waals surface area contributed by atoms with E-state index in [1.54, 1.807) is 6.92 Å². The first kappa shape index (κ1) is 14.3. The third-order valence-corrected chi connectivity index (χ3v) is 4.21. The third-order valence-electron chi connectivity index (χ3n) is 2.59. The summed E-state index contributed by atoms with van der Waals surface area (Å²) in [6.07, 6.45) is 0.722. The average Bonchev–Trinajstić information content (AvgIpc) is 2.31. The van der Waals surface area contributed by atoms with Gasteiger partial charge >= 0.3 is 0 Å². The fourth-order valence-electron chi connectivity index (χ4n) is 1.20. The number of benzene rings is 1. The first-order valence-electron chi connectivity index (χ1n) is 5.31. The molecule has 0 radical (unpaired) electrons. The van der Waals surface area contributed by atoms with Crippen LogP contribution in [0.25, 0.3) is 0 Å². The van der Waals surface area contributed by atoms with Gasteiger partial charge < -0.3 is 0 Å². The predicted molar refractivity (Wildman–Crippen MR) is 67.1 cm³/mol. The van der Waals surface area contributed by atoms with Crippen LogP contribution in [0.4, 0.5) is 4.39 Å². The van der Waals surface area contributed by atoms with E-state index >= 15 is 0 Å². The Labute approximate surface area is 108 Å². The number of carbonyl (C=O) groups excluding carboxylic acids is 1. The summed E-state index contributed by atoms with van der Waals surface area (Å²) < 4.78 is 24.8. The molecule has 0 spiro atoms. The van der Waals surface area contributed by atoms with Gasteiger partial charge in [0.05, 0.1) is 21.6 Å². The lowest BCUT2D eigenvalue weighted by molar-refractivity contribution is -0.119. The quantitative estimate of drug-likeness (QED) is 0.828. The molecule has 0 aliphatic carbocycles. The lowest BCUT2D eigenvalue weighted by Crippen LogP contribution is -2.18. The van der Waals surface area contributed by atoms with Crippen molar-refractivity contribution in [2.75, 3.05) is 5.75 Å². The van der Waals surface area contributed by atoms with Gasteiger partial charge in [-0.25, -0.2) is 4.39 Å². The first-order valence-corrected chi connectivity index (χ1v) is 7.01. The van der Waals surface area contributed by atoms with E-state index in [0.29, 0.717) is 4.90 Å². The summed E-state index contributed by atoms with van der Waals surface area (Å²) in [5, 5.41) is -0.0770. The van der Waals surface area contributed by atoms with E-state index in [9.17, 15) is 13.4 Å². The Bertz CT molecular complexity index is 448. The van der Waals surface area contributed by atoms with Crippen LogP contribution in [0.3, 0.4) is 0 Å². The van der Waals surface area contributed by atoms with Crippen molar-refractivity contribution >= 4 is 28.2 Å². The Morgan fingerprint density at radius 3 is 2.71 bits per heavy atom. The molecule has 0 saturated carbocycles. The molecule has 2 unspecified atom stereocenters. The Hall–Kier alpha value is -0.740. The normalized spacial score (nSPS) is 14.4. The third kappa shape index (κ3) is 3.89. The molecule has 1 rings (SSSR count). The van der Waals surface area contributed by atoms with Crippen molar-refractivity contribution in [1.29, 1.82) is 0 Å². The van der Waals surface area contributed by atoms with Gasteiger partial charge in [0.25, 0.3) is 0 Å². The Kier molecular flexibility index (Phi) is 5.28. The van der Waals surface area contributed by atoms with Crippen molar-refractivity contribution in [2.45, 2.75) is 25.2 Å². The Morgan fingerprint density at radius 1 is 1.53 bits per heavy atom. The SMILES string of the molecule is CCC(C)C(=O)CS(=O)c1ccc(F)c(Cl)c1. The lowest BCUT2D eigenvalue weighted by Gasteiger charge is -2.07. The molecule has 0 bridgehead atoms. The van der Waals surface area contributed by atoms with Crippen molar-refractivity contribution in [3.05, 3.63) is 29.0 Å². The second kappa shape index (κ2) is 6.26. The highest BCUT2D eigenvalue weighted by Crippen LogP contribution is 2.19. The predicted octanol–water partition coefficient (Wildman–Crippen LogP) is 3.20. The minimum atomic E-state index is -1.45. The standard InChI is InChI=1S/C12H14ClFO2S/c1-3-8(2)12(15)7-17(16)9-4-5-11(14)10(13)6-9/h4-6,8H,3,7H2,1-2H3. The van der Waals surface area contributed by atoms with Crippen LogP contribution < -0.4 is 0 Å². The molecule has 1 aromatic carbocycles. The molecule has 0 aliphatic rings. The van der Waals surface area contributed by atoms with E-state index in [1.165, 1.54) is 12.1 Å². The molecular weight excluding hydrogens is 263 g/mol. The minimum absolute atomic E-state index is 0.0447. The van der Waals surface area contributed by atoms with E-state index in [1.807, 2.05) is 6.92 Å². The number of hydrogen-bond acceptors (Lipinski definition) is 2. The van der Waals surface area contributed by atoms with Crippen LogP contribution in [-0.2, 0) is 15.6 Å². The molecule has 0 fully saturated rings. The van der Waals surface area contributed by atoms with Gasteiger partial charge in [-0.05, 0) is 24.6 Å². The molecule has 2 atom stereocenters. The molecule has 0 saturated heterocycles. The van der Waals surface area contributed by atoms with E-state index in [0.717, 1.165) is 12.5 Å². The summed E-state index contributed by atoms with van der Waals surface area (Å²) in [6, 6.07) is 3.85. The molecule has 0 aliphatic heterocycles. The van der Waals surface area contributed by atoms with Crippen LogP contribution in [0.1, 0.15) is 20.3 Å². The van der Waals surface area contributed by atoms with Gasteiger partial charge in [0, 0.05) is 10.8 Å². The van der Waals surface area contributed by atoms with Gasteiger partial charge in [-0.2, -0.15) is 0 Å². The van der Waals surface area contributed by atoms with Gasteiger partial charge in [-0.3, -0.25) is 9.00 Å². The minimum Gasteiger partial charge on any atom is -0.298 e. The Balaban J connectivity index is 2.77. The van der Waals surface area contributed by atoms with Crippen molar-refractivity contribution in [3.8, 4) is 0 Å². The van der Waals surface area contributed by atoms with Gasteiger partial charge in [-0.1, -0.05) is 25.4 Å². The van der Waals surface area contributed by atoms with E-state index < -0.39 is 16.6 Å². The highest BCUT2D eigenvalue weighted by Gasteiger charge is 2.16. The fraction of sp³-hybridized carbons (Fsp3) is 0.417. The van der Waals surface area contributed by atoms with Crippen LogP contribution in [0.2, 0.25) is 5.02 Å². The number of Topliss-reactive ketones (excluding diaryl/α,β-unsaturated/α-hetero) is 1. The number of rotatable bonds is 5. The molecule has 5 heteroatoms. The molecule has 0 N–H and O–H groups in total. The van der Waals surface area contributed by atoms with Gasteiger partial charge in [0.15, 0.2) is 0 Å². The maximum atomic E-state index is 12.9. The number of ketones is 1. The van der Waals surface area contributed by atoms with Crippen LogP contribution >= 0.6 is 11.6 Å². The van der Waals surface area contributed by atoms with E-state index in [4.69, 9.17) is 11.6 Å². The van der Waals surface area contributed by atoms with Crippen LogP contribution in [-0.4, -0.2) is 15.7 Å². The maximum absolute atomic E-state index is 12.9. The van der Waals surface area contributed by atoms with Crippen molar-refractivity contribution < 1.29 is 13.4 Å². The zero-order chi connectivity index (χ0) is 13.0. The number of halogens is 2. The molecule has 94 valence electrons. The highest BCUT2D eigenvalue weighted by atomic mass is 35.5. The topological polar surface area (TPSA) is 34.1 Å². The summed E-state index contributed by atoms with van der Waals surface area (Å²) in [5.74, 6) is -0.751. The van der Waals surface area contributed by atoms with Crippen LogP contribution in [0.5, 0.6) is 0 Å². The van der Waals surface area contributed by atoms with Gasteiger partial charge in [0.1, 0.15) is 11.6 Å².